The van der Waals surface area contributed by atoms with Gasteiger partial charge in [-0.1, -0.05) is 0 Å². The monoisotopic (exact) mass is 347 g/mol. The van der Waals surface area contributed by atoms with Gasteiger partial charge in [0.1, 0.15) is 18.2 Å². The van der Waals surface area contributed by atoms with Crippen LogP contribution in [0.3, 0.4) is 0 Å². The number of imidazole rings is 1. The van der Waals surface area contributed by atoms with E-state index in [0.717, 1.165) is 26.9 Å². The largest absolute Gasteiger partial charge is 0.497 e. The van der Waals surface area contributed by atoms with E-state index in [1.165, 1.54) is 0 Å². The summed E-state index contributed by atoms with van der Waals surface area (Å²) in [5.74, 6) is 1.28. The average Bonchev–Trinajstić information content (AvgIpc) is 2.85. The maximum Gasteiger partial charge on any atom is 0.140 e. The lowest BCUT2D eigenvalue weighted by Crippen LogP contribution is -2.02. The molecule has 108 valence electrons. The Labute approximate surface area is 130 Å². The number of aromatic nitrogens is 2. The van der Waals surface area contributed by atoms with Crippen molar-refractivity contribution >= 4 is 32.7 Å². The summed E-state index contributed by atoms with van der Waals surface area (Å²) in [6.07, 6.45) is 0. The van der Waals surface area contributed by atoms with Gasteiger partial charge in [-0.15, -0.1) is 0 Å². The van der Waals surface area contributed by atoms with Crippen LogP contribution in [-0.2, 0) is 6.61 Å². The summed E-state index contributed by atoms with van der Waals surface area (Å²) in [6, 6.07) is 11.2. The van der Waals surface area contributed by atoms with Crippen molar-refractivity contribution in [2.75, 3.05) is 12.8 Å². The average molecular weight is 348 g/mol. The molecule has 2 aromatic carbocycles. The molecule has 0 saturated heterocycles. The van der Waals surface area contributed by atoms with Gasteiger partial charge < -0.3 is 15.6 Å². The first-order chi connectivity index (χ1) is 10.1. The van der Waals surface area contributed by atoms with Gasteiger partial charge in [-0.25, -0.2) is 4.98 Å². The number of nitrogens with zero attached hydrogens (tertiary/aromatic N) is 2. The van der Waals surface area contributed by atoms with Crippen LogP contribution in [0, 0.1) is 0 Å². The van der Waals surface area contributed by atoms with E-state index in [9.17, 15) is 5.11 Å². The molecule has 0 aliphatic carbocycles. The number of aliphatic hydroxyl groups is 1. The second kappa shape index (κ2) is 5.38. The third-order valence-corrected chi connectivity index (χ3v) is 3.95. The van der Waals surface area contributed by atoms with E-state index < -0.39 is 0 Å². The summed E-state index contributed by atoms with van der Waals surface area (Å²) in [7, 11) is 1.62. The van der Waals surface area contributed by atoms with E-state index in [1.807, 2.05) is 34.9 Å². The molecule has 5 nitrogen and oxygen atoms in total. The van der Waals surface area contributed by atoms with Gasteiger partial charge in [0.15, 0.2) is 0 Å². The number of hydrogen-bond donors (Lipinski definition) is 2. The predicted octanol–water partition coefficient (Wildman–Crippen LogP) is 2.87. The van der Waals surface area contributed by atoms with Crippen molar-refractivity contribution in [3.63, 3.8) is 0 Å². The van der Waals surface area contributed by atoms with Gasteiger partial charge in [0.2, 0.25) is 0 Å². The zero-order valence-corrected chi connectivity index (χ0v) is 13.0. The highest BCUT2D eigenvalue weighted by molar-refractivity contribution is 9.10. The maximum absolute atomic E-state index is 9.61. The number of rotatable bonds is 3. The number of halogens is 1. The number of aliphatic hydroxyl groups excluding tert-OH is 1. The van der Waals surface area contributed by atoms with Gasteiger partial charge >= 0.3 is 0 Å². The molecule has 1 aromatic heterocycles. The van der Waals surface area contributed by atoms with Gasteiger partial charge in [-0.3, -0.25) is 4.57 Å². The van der Waals surface area contributed by atoms with Crippen LogP contribution in [0.1, 0.15) is 5.82 Å². The summed E-state index contributed by atoms with van der Waals surface area (Å²) < 4.78 is 8.05. The third-order valence-electron chi connectivity index (χ3n) is 3.28. The molecule has 3 rings (SSSR count). The van der Waals surface area contributed by atoms with Gasteiger partial charge in [0, 0.05) is 16.2 Å². The van der Waals surface area contributed by atoms with E-state index in [-0.39, 0.29) is 6.61 Å². The summed E-state index contributed by atoms with van der Waals surface area (Å²) in [5, 5.41) is 9.61. The van der Waals surface area contributed by atoms with Crippen LogP contribution in [-0.4, -0.2) is 21.8 Å². The van der Waals surface area contributed by atoms with E-state index >= 15 is 0 Å². The fourth-order valence-corrected chi connectivity index (χ4v) is 2.74. The molecule has 21 heavy (non-hydrogen) atoms. The van der Waals surface area contributed by atoms with Crippen molar-refractivity contribution in [1.29, 1.82) is 0 Å². The van der Waals surface area contributed by atoms with Gasteiger partial charge in [0.05, 0.1) is 23.8 Å². The minimum atomic E-state index is -0.168. The Kier molecular flexibility index (Phi) is 3.57. The number of nitrogen functional groups attached to an aromatic ring is 1. The van der Waals surface area contributed by atoms with Crippen molar-refractivity contribution in [2.24, 2.45) is 0 Å². The lowest BCUT2D eigenvalue weighted by atomic mass is 10.2. The first-order valence-electron chi connectivity index (χ1n) is 6.35. The molecule has 0 unspecified atom stereocenters. The van der Waals surface area contributed by atoms with E-state index in [0.29, 0.717) is 11.5 Å². The van der Waals surface area contributed by atoms with Crippen molar-refractivity contribution in [3.05, 3.63) is 46.7 Å². The van der Waals surface area contributed by atoms with Crippen LogP contribution >= 0.6 is 15.9 Å². The van der Waals surface area contributed by atoms with Crippen LogP contribution in [0.25, 0.3) is 16.7 Å². The van der Waals surface area contributed by atoms with Crippen molar-refractivity contribution < 1.29 is 9.84 Å². The first-order valence-corrected chi connectivity index (χ1v) is 7.15. The second-order valence-electron chi connectivity index (χ2n) is 4.59. The molecule has 1 heterocycles. The normalized spacial score (nSPS) is 11.0. The zero-order valence-electron chi connectivity index (χ0n) is 11.4. The van der Waals surface area contributed by atoms with Gasteiger partial charge in [0.25, 0.3) is 0 Å². The molecule has 0 radical (unpaired) electrons. The highest BCUT2D eigenvalue weighted by atomic mass is 79.9. The zero-order chi connectivity index (χ0) is 15.0. The standard InChI is InChI=1S/C15H14BrN3O2/c1-21-10-3-4-11(16)14(7-10)19-13-5-2-9(17)6-12(13)18-15(19)8-20/h2-7,20H,8,17H2,1H3. The number of hydrogen-bond acceptors (Lipinski definition) is 4. The van der Waals surface area contributed by atoms with E-state index in [1.54, 1.807) is 13.2 Å². The van der Waals surface area contributed by atoms with Crippen LogP contribution in [0.2, 0.25) is 0 Å². The number of nitrogens with two attached hydrogens (primary N) is 1. The molecule has 0 saturated carbocycles. The second-order valence-corrected chi connectivity index (χ2v) is 5.44. The molecule has 0 fully saturated rings. The molecular weight excluding hydrogens is 334 g/mol. The SMILES string of the molecule is COc1ccc(Br)c(-n2c(CO)nc3cc(N)ccc32)c1. The molecule has 0 bridgehead atoms. The Hall–Kier alpha value is -2.05. The number of methoxy groups -OCH3 is 1. The topological polar surface area (TPSA) is 73.3 Å². The van der Waals surface area contributed by atoms with Crippen molar-refractivity contribution in [3.8, 4) is 11.4 Å². The van der Waals surface area contributed by atoms with Gasteiger partial charge in [-0.2, -0.15) is 0 Å². The molecule has 6 heteroatoms. The Morgan fingerprint density at radius 1 is 1.29 bits per heavy atom. The molecule has 0 amide bonds. The summed E-state index contributed by atoms with van der Waals surface area (Å²) >= 11 is 3.53. The summed E-state index contributed by atoms with van der Waals surface area (Å²) in [4.78, 5) is 4.44. The summed E-state index contributed by atoms with van der Waals surface area (Å²) in [6.45, 7) is -0.168. The maximum atomic E-state index is 9.61. The smallest absolute Gasteiger partial charge is 0.140 e. The molecule has 0 aliphatic rings. The third kappa shape index (κ3) is 2.36. The first kappa shape index (κ1) is 13.9. The van der Waals surface area contributed by atoms with Gasteiger partial charge in [-0.05, 0) is 46.3 Å². The molecular formula is C15H14BrN3O2. The van der Waals surface area contributed by atoms with Crippen LogP contribution in [0.15, 0.2) is 40.9 Å². The van der Waals surface area contributed by atoms with Crippen LogP contribution in [0.5, 0.6) is 5.75 Å². The Morgan fingerprint density at radius 2 is 2.10 bits per heavy atom. The molecule has 0 spiro atoms. The molecule has 3 aromatic rings. The number of benzene rings is 2. The fraction of sp³-hybridized carbons (Fsp3) is 0.133. The number of fused-ring (bicyclic) bond motifs is 1. The molecule has 0 aliphatic heterocycles. The lowest BCUT2D eigenvalue weighted by Gasteiger charge is -2.12. The number of ether oxygens (including phenoxy) is 1. The minimum Gasteiger partial charge on any atom is -0.497 e. The van der Waals surface area contributed by atoms with Crippen LogP contribution in [0.4, 0.5) is 5.69 Å². The Bertz CT molecular complexity index is 814. The molecule has 3 N–H and O–H groups in total. The summed E-state index contributed by atoms with van der Waals surface area (Å²) in [5.41, 5.74) is 8.91. The quantitative estimate of drug-likeness (QED) is 0.714. The highest BCUT2D eigenvalue weighted by Crippen LogP contribution is 2.31. The van der Waals surface area contributed by atoms with Crippen molar-refractivity contribution in [2.45, 2.75) is 6.61 Å². The Morgan fingerprint density at radius 3 is 2.81 bits per heavy atom. The fourth-order valence-electron chi connectivity index (χ4n) is 2.31. The van der Waals surface area contributed by atoms with E-state index in [2.05, 4.69) is 20.9 Å². The van der Waals surface area contributed by atoms with E-state index in [4.69, 9.17) is 10.5 Å². The lowest BCUT2D eigenvalue weighted by molar-refractivity contribution is 0.270. The van der Waals surface area contributed by atoms with Crippen LogP contribution < -0.4 is 10.5 Å². The minimum absolute atomic E-state index is 0.168. The Balaban J connectivity index is 2.33. The molecule has 0 atom stereocenters. The highest BCUT2D eigenvalue weighted by Gasteiger charge is 2.15. The number of anilines is 1. The predicted molar refractivity (Wildman–Crippen MR) is 85.7 cm³/mol. The van der Waals surface area contributed by atoms with Crippen molar-refractivity contribution in [1.82, 2.24) is 9.55 Å².